The smallest absolute Gasteiger partial charge is 0.254 e. The van der Waals surface area contributed by atoms with Crippen molar-refractivity contribution in [2.24, 2.45) is 0 Å². The van der Waals surface area contributed by atoms with Crippen LogP contribution in [0.4, 0.5) is 0 Å². The molecule has 132 valence electrons. The van der Waals surface area contributed by atoms with Gasteiger partial charge in [0.1, 0.15) is 0 Å². The minimum absolute atomic E-state index is 0.233. The number of unbranched alkanes of at least 4 members (excludes halogenated alkanes) is 11. The van der Waals surface area contributed by atoms with Gasteiger partial charge in [0.05, 0.1) is 6.20 Å². The molecule has 4 nitrogen and oxygen atoms in total. The number of nitrogens with zero attached hydrogens (tertiary/aromatic N) is 1. The van der Waals surface area contributed by atoms with E-state index in [9.17, 15) is 15.0 Å². The van der Waals surface area contributed by atoms with Crippen LogP contribution in [0.3, 0.4) is 0 Å². The normalized spacial score (nSPS) is 11.0. The van der Waals surface area contributed by atoms with E-state index in [-0.39, 0.29) is 17.1 Å². The zero-order valence-corrected chi connectivity index (χ0v) is 14.6. The number of aromatic nitrogens is 1. The molecule has 0 aliphatic carbocycles. The highest BCUT2D eigenvalue weighted by Gasteiger charge is 2.03. The topological polar surface area (TPSA) is 62.5 Å². The fourth-order valence-electron chi connectivity index (χ4n) is 2.85. The lowest BCUT2D eigenvalue weighted by molar-refractivity contribution is 0.394. The van der Waals surface area contributed by atoms with Gasteiger partial charge in [-0.1, -0.05) is 77.6 Å². The molecule has 0 amide bonds. The Balaban J connectivity index is 1.98. The molecule has 0 aromatic carbocycles. The minimum atomic E-state index is -0.346. The van der Waals surface area contributed by atoms with Gasteiger partial charge < -0.3 is 14.8 Å². The van der Waals surface area contributed by atoms with Crippen LogP contribution in [0.2, 0.25) is 0 Å². The van der Waals surface area contributed by atoms with Crippen molar-refractivity contribution in [1.82, 2.24) is 4.57 Å². The van der Waals surface area contributed by atoms with Gasteiger partial charge in [0.2, 0.25) is 0 Å². The highest BCUT2D eigenvalue weighted by atomic mass is 16.3. The van der Waals surface area contributed by atoms with Crippen LogP contribution in [0, 0.1) is 0 Å². The molecular formula is C19H33NO3. The number of rotatable bonds is 13. The monoisotopic (exact) mass is 323 g/mol. The van der Waals surface area contributed by atoms with Gasteiger partial charge in [-0.15, -0.1) is 0 Å². The van der Waals surface area contributed by atoms with E-state index in [4.69, 9.17) is 0 Å². The van der Waals surface area contributed by atoms with Crippen molar-refractivity contribution in [3.63, 3.8) is 0 Å². The molecule has 0 saturated carbocycles. The van der Waals surface area contributed by atoms with E-state index in [1.807, 2.05) is 0 Å². The van der Waals surface area contributed by atoms with Gasteiger partial charge in [0.25, 0.3) is 5.56 Å². The summed E-state index contributed by atoms with van der Waals surface area (Å²) in [4.78, 5) is 11.6. The molecule has 0 bridgehead atoms. The van der Waals surface area contributed by atoms with E-state index in [0.29, 0.717) is 6.54 Å². The van der Waals surface area contributed by atoms with Gasteiger partial charge in [-0.2, -0.15) is 0 Å². The van der Waals surface area contributed by atoms with Crippen LogP contribution in [0.1, 0.15) is 84.0 Å². The molecule has 1 aromatic heterocycles. The predicted octanol–water partition coefficient (Wildman–Crippen LogP) is 4.96. The number of aryl methyl sites for hydroxylation is 1. The molecule has 23 heavy (non-hydrogen) atoms. The van der Waals surface area contributed by atoms with Crippen molar-refractivity contribution in [3.05, 3.63) is 22.6 Å². The molecule has 4 heteroatoms. The van der Waals surface area contributed by atoms with Crippen LogP contribution in [0.15, 0.2) is 17.1 Å². The average Bonchev–Trinajstić information content (AvgIpc) is 2.53. The number of pyridine rings is 1. The Morgan fingerprint density at radius 2 is 1.26 bits per heavy atom. The van der Waals surface area contributed by atoms with E-state index >= 15 is 0 Å². The second-order valence-electron chi connectivity index (χ2n) is 6.46. The van der Waals surface area contributed by atoms with Crippen LogP contribution < -0.4 is 5.56 Å². The van der Waals surface area contributed by atoms with Gasteiger partial charge >= 0.3 is 0 Å². The molecule has 1 heterocycles. The molecule has 0 aliphatic heterocycles. The first-order valence-electron chi connectivity index (χ1n) is 9.27. The van der Waals surface area contributed by atoms with Gasteiger partial charge in [-0.25, -0.2) is 0 Å². The highest BCUT2D eigenvalue weighted by molar-refractivity contribution is 5.33. The molecule has 0 aliphatic rings. The van der Waals surface area contributed by atoms with E-state index < -0.39 is 0 Å². The van der Waals surface area contributed by atoms with Gasteiger partial charge in [0, 0.05) is 12.6 Å². The third-order valence-corrected chi connectivity index (χ3v) is 4.34. The molecule has 0 spiro atoms. The van der Waals surface area contributed by atoms with Gasteiger partial charge in [-0.05, 0) is 6.42 Å². The fraction of sp³-hybridized carbons (Fsp3) is 0.737. The van der Waals surface area contributed by atoms with E-state index in [0.717, 1.165) is 18.9 Å². The van der Waals surface area contributed by atoms with Crippen LogP contribution in [0.25, 0.3) is 0 Å². The number of aromatic hydroxyl groups is 2. The van der Waals surface area contributed by atoms with Gasteiger partial charge in [0.15, 0.2) is 11.5 Å². The maximum atomic E-state index is 11.6. The predicted molar refractivity (Wildman–Crippen MR) is 95.1 cm³/mol. The summed E-state index contributed by atoms with van der Waals surface area (Å²) >= 11 is 0. The van der Waals surface area contributed by atoms with Crippen LogP contribution in [-0.4, -0.2) is 14.8 Å². The molecule has 0 saturated heterocycles. The third kappa shape index (κ3) is 8.68. The maximum absolute atomic E-state index is 11.6. The van der Waals surface area contributed by atoms with E-state index in [1.165, 1.54) is 75.0 Å². The molecule has 0 atom stereocenters. The Morgan fingerprint density at radius 1 is 0.783 bits per heavy atom. The quantitative estimate of drug-likeness (QED) is 0.504. The summed E-state index contributed by atoms with van der Waals surface area (Å²) < 4.78 is 1.46. The average molecular weight is 323 g/mol. The van der Waals surface area contributed by atoms with Crippen molar-refractivity contribution in [2.75, 3.05) is 0 Å². The van der Waals surface area contributed by atoms with Crippen molar-refractivity contribution in [2.45, 2.75) is 90.5 Å². The van der Waals surface area contributed by atoms with E-state index in [2.05, 4.69) is 6.92 Å². The van der Waals surface area contributed by atoms with Crippen molar-refractivity contribution < 1.29 is 10.2 Å². The van der Waals surface area contributed by atoms with E-state index in [1.54, 1.807) is 0 Å². The first kappa shape index (κ1) is 19.6. The van der Waals surface area contributed by atoms with Crippen LogP contribution in [0.5, 0.6) is 11.5 Å². The Hall–Kier alpha value is -1.45. The lowest BCUT2D eigenvalue weighted by Gasteiger charge is -2.07. The molecular weight excluding hydrogens is 290 g/mol. The summed E-state index contributed by atoms with van der Waals surface area (Å²) in [5, 5.41) is 18.6. The highest BCUT2D eigenvalue weighted by Crippen LogP contribution is 2.20. The lowest BCUT2D eigenvalue weighted by Crippen LogP contribution is -2.18. The standard InChI is InChI=1S/C19H33NO3/c1-2-3-4-5-6-7-8-9-10-11-12-13-14-20-16-18(22)17(21)15-19(20)23/h15-16,21-22H,2-14H2,1H3. The summed E-state index contributed by atoms with van der Waals surface area (Å²) in [5.74, 6) is -0.579. The minimum Gasteiger partial charge on any atom is -0.504 e. The summed E-state index contributed by atoms with van der Waals surface area (Å²) in [5.41, 5.74) is -0.261. The van der Waals surface area contributed by atoms with Gasteiger partial charge in [-0.3, -0.25) is 4.79 Å². The van der Waals surface area contributed by atoms with Crippen molar-refractivity contribution >= 4 is 0 Å². The SMILES string of the molecule is CCCCCCCCCCCCCCn1cc(O)c(O)cc1=O. The first-order valence-corrected chi connectivity index (χ1v) is 9.27. The van der Waals surface area contributed by atoms with Crippen molar-refractivity contribution in [1.29, 1.82) is 0 Å². The molecule has 2 N–H and O–H groups in total. The summed E-state index contributed by atoms with van der Waals surface area (Å²) in [6.07, 6.45) is 16.7. The maximum Gasteiger partial charge on any atom is 0.254 e. The Kier molecular flexibility index (Phi) is 10.3. The summed E-state index contributed by atoms with van der Waals surface area (Å²) in [7, 11) is 0. The summed E-state index contributed by atoms with van der Waals surface area (Å²) in [6, 6.07) is 1.07. The lowest BCUT2D eigenvalue weighted by atomic mass is 10.1. The fourth-order valence-corrected chi connectivity index (χ4v) is 2.85. The second-order valence-corrected chi connectivity index (χ2v) is 6.46. The molecule has 1 aromatic rings. The zero-order chi connectivity index (χ0) is 16.9. The Labute approximate surface area is 140 Å². The zero-order valence-electron chi connectivity index (χ0n) is 14.6. The summed E-state index contributed by atoms with van der Waals surface area (Å²) in [6.45, 7) is 2.85. The van der Waals surface area contributed by atoms with Crippen LogP contribution >= 0.6 is 0 Å². The number of hydrogen-bond donors (Lipinski definition) is 2. The third-order valence-electron chi connectivity index (χ3n) is 4.34. The Bertz CT molecular complexity index is 482. The largest absolute Gasteiger partial charge is 0.504 e. The first-order chi connectivity index (χ1) is 11.1. The van der Waals surface area contributed by atoms with Crippen LogP contribution in [-0.2, 0) is 6.54 Å². The van der Waals surface area contributed by atoms with Crippen molar-refractivity contribution in [3.8, 4) is 11.5 Å². The molecule has 0 radical (unpaired) electrons. The molecule has 0 unspecified atom stereocenters. The second kappa shape index (κ2) is 12.0. The molecule has 1 rings (SSSR count). The molecule has 0 fully saturated rings. The Morgan fingerprint density at radius 3 is 1.78 bits per heavy atom. The number of hydrogen-bond acceptors (Lipinski definition) is 3.